The predicted octanol–water partition coefficient (Wildman–Crippen LogP) is 5.00. The molecule has 0 radical (unpaired) electrons. The lowest BCUT2D eigenvalue weighted by Gasteiger charge is -2.26. The van der Waals surface area contributed by atoms with E-state index in [1.165, 1.54) is 31.3 Å². The molecule has 0 spiro atoms. The number of aromatic nitrogens is 1. The van der Waals surface area contributed by atoms with Crippen molar-refractivity contribution in [1.82, 2.24) is 4.98 Å². The summed E-state index contributed by atoms with van der Waals surface area (Å²) in [6, 6.07) is 12.8. The number of pyridine rings is 1. The van der Waals surface area contributed by atoms with Crippen LogP contribution in [0.5, 0.6) is 11.5 Å². The Hall–Kier alpha value is -3.84. The SMILES string of the molecule is COc1cc(OC)c(/C(O)=C2\C(=O)C(=O)N(c3ccc(C)cc3C)C2c2ccccn2)cc1Cl. The number of ketones is 1. The Bertz CT molecular complexity index is 1320. The average molecular weight is 479 g/mol. The number of hydrogen-bond donors (Lipinski definition) is 1. The van der Waals surface area contributed by atoms with Crippen LogP contribution in [-0.2, 0) is 9.59 Å². The van der Waals surface area contributed by atoms with Gasteiger partial charge in [0.15, 0.2) is 0 Å². The molecule has 0 aliphatic carbocycles. The highest BCUT2D eigenvalue weighted by molar-refractivity contribution is 6.51. The third kappa shape index (κ3) is 3.88. The smallest absolute Gasteiger partial charge is 0.300 e. The Kier molecular flexibility index (Phi) is 6.30. The molecule has 174 valence electrons. The number of anilines is 1. The fourth-order valence-electron chi connectivity index (χ4n) is 4.16. The van der Waals surface area contributed by atoms with Crippen LogP contribution in [0.25, 0.3) is 5.76 Å². The van der Waals surface area contributed by atoms with E-state index in [9.17, 15) is 14.7 Å². The number of amides is 1. The molecule has 8 heteroatoms. The molecule has 34 heavy (non-hydrogen) atoms. The molecule has 3 aromatic rings. The lowest BCUT2D eigenvalue weighted by molar-refractivity contribution is -0.132. The number of aliphatic hydroxyl groups excluding tert-OH is 1. The molecule has 1 aliphatic rings. The van der Waals surface area contributed by atoms with Gasteiger partial charge in [-0.05, 0) is 43.7 Å². The minimum Gasteiger partial charge on any atom is -0.507 e. The zero-order chi connectivity index (χ0) is 24.6. The summed E-state index contributed by atoms with van der Waals surface area (Å²) >= 11 is 6.30. The summed E-state index contributed by atoms with van der Waals surface area (Å²) in [5.74, 6) is -1.43. The first kappa shape index (κ1) is 23.3. The van der Waals surface area contributed by atoms with Gasteiger partial charge in [0, 0.05) is 18.0 Å². The Morgan fingerprint density at radius 1 is 1.03 bits per heavy atom. The molecule has 1 saturated heterocycles. The Morgan fingerprint density at radius 2 is 1.76 bits per heavy atom. The molecule has 1 amide bonds. The quantitative estimate of drug-likeness (QED) is 0.315. The molecule has 1 atom stereocenters. The summed E-state index contributed by atoms with van der Waals surface area (Å²) in [6.07, 6.45) is 1.57. The van der Waals surface area contributed by atoms with Crippen molar-refractivity contribution >= 4 is 34.7 Å². The Balaban J connectivity index is 2.00. The van der Waals surface area contributed by atoms with Gasteiger partial charge < -0.3 is 14.6 Å². The van der Waals surface area contributed by atoms with E-state index in [1.54, 1.807) is 30.5 Å². The average Bonchev–Trinajstić information content (AvgIpc) is 3.09. The fraction of sp³-hybridized carbons (Fsp3) is 0.192. The van der Waals surface area contributed by atoms with E-state index in [2.05, 4.69) is 4.98 Å². The third-order valence-corrected chi connectivity index (χ3v) is 6.05. The second kappa shape index (κ2) is 9.19. The molecule has 4 rings (SSSR count). The first-order valence-electron chi connectivity index (χ1n) is 10.5. The molecule has 2 heterocycles. The molecule has 0 bridgehead atoms. The summed E-state index contributed by atoms with van der Waals surface area (Å²) in [7, 11) is 2.88. The van der Waals surface area contributed by atoms with Crippen LogP contribution in [0.3, 0.4) is 0 Å². The van der Waals surface area contributed by atoms with Gasteiger partial charge in [0.05, 0.1) is 36.1 Å². The molecule has 7 nitrogen and oxygen atoms in total. The molecule has 1 fully saturated rings. The second-order valence-corrected chi connectivity index (χ2v) is 8.31. The standard InChI is InChI=1S/C26H23ClN2O5/c1-14-8-9-19(15(2)11-14)29-23(18-7-5-6-10-28-18)22(25(31)26(29)32)24(30)16-12-17(27)21(34-4)13-20(16)33-3/h5-13,23,30H,1-4H3/b24-22+. The van der Waals surface area contributed by atoms with Crippen LogP contribution in [0, 0.1) is 13.8 Å². The van der Waals surface area contributed by atoms with E-state index in [-0.39, 0.29) is 21.9 Å². The second-order valence-electron chi connectivity index (χ2n) is 7.90. The lowest BCUT2D eigenvalue weighted by atomic mass is 9.97. The van der Waals surface area contributed by atoms with Gasteiger partial charge in [0.1, 0.15) is 23.3 Å². The minimum absolute atomic E-state index is 0.108. The first-order valence-corrected chi connectivity index (χ1v) is 10.9. The van der Waals surface area contributed by atoms with E-state index in [0.29, 0.717) is 17.1 Å². The van der Waals surface area contributed by atoms with Gasteiger partial charge >= 0.3 is 0 Å². The lowest BCUT2D eigenvalue weighted by Crippen LogP contribution is -2.30. The number of halogens is 1. The number of ether oxygens (including phenoxy) is 2. The number of aryl methyl sites for hydroxylation is 2. The first-order chi connectivity index (χ1) is 16.3. The molecular weight excluding hydrogens is 456 g/mol. The number of Topliss-reactive ketones (excluding diaryl/α,β-unsaturated/α-hetero) is 1. The fourth-order valence-corrected chi connectivity index (χ4v) is 4.41. The number of carbonyl (C=O) groups excluding carboxylic acids is 2. The zero-order valence-corrected chi connectivity index (χ0v) is 19.9. The van der Waals surface area contributed by atoms with E-state index < -0.39 is 23.5 Å². The summed E-state index contributed by atoms with van der Waals surface area (Å²) in [6.45, 7) is 3.81. The normalized spacial score (nSPS) is 17.2. The minimum atomic E-state index is -0.951. The van der Waals surface area contributed by atoms with Gasteiger partial charge in [-0.25, -0.2) is 0 Å². The summed E-state index contributed by atoms with van der Waals surface area (Å²) in [5, 5.41) is 11.6. The van der Waals surface area contributed by atoms with E-state index in [0.717, 1.165) is 11.1 Å². The highest BCUT2D eigenvalue weighted by Crippen LogP contribution is 2.44. The van der Waals surface area contributed by atoms with Gasteiger partial charge in [0.2, 0.25) is 0 Å². The third-order valence-electron chi connectivity index (χ3n) is 5.75. The largest absolute Gasteiger partial charge is 0.507 e. The maximum atomic E-state index is 13.3. The number of aliphatic hydroxyl groups is 1. The summed E-state index contributed by atoms with van der Waals surface area (Å²) in [5.41, 5.74) is 2.87. The van der Waals surface area contributed by atoms with Crippen LogP contribution in [0.2, 0.25) is 5.02 Å². The van der Waals surface area contributed by atoms with Crippen molar-refractivity contribution in [2.75, 3.05) is 19.1 Å². The molecule has 1 aliphatic heterocycles. The van der Waals surface area contributed by atoms with Crippen LogP contribution >= 0.6 is 11.6 Å². The van der Waals surface area contributed by atoms with Gasteiger partial charge in [-0.15, -0.1) is 0 Å². The maximum Gasteiger partial charge on any atom is 0.300 e. The van der Waals surface area contributed by atoms with Crippen LogP contribution < -0.4 is 14.4 Å². The van der Waals surface area contributed by atoms with Gasteiger partial charge in [-0.2, -0.15) is 0 Å². The van der Waals surface area contributed by atoms with Crippen molar-refractivity contribution in [3.05, 3.63) is 87.7 Å². The maximum absolute atomic E-state index is 13.3. The summed E-state index contributed by atoms with van der Waals surface area (Å²) < 4.78 is 10.6. The van der Waals surface area contributed by atoms with Crippen molar-refractivity contribution in [1.29, 1.82) is 0 Å². The van der Waals surface area contributed by atoms with Crippen LogP contribution in [-0.4, -0.2) is 36.0 Å². The molecule has 2 aromatic carbocycles. The highest BCUT2D eigenvalue weighted by atomic mass is 35.5. The number of benzene rings is 2. The molecule has 1 N–H and O–H groups in total. The van der Waals surface area contributed by atoms with Gasteiger partial charge in [0.25, 0.3) is 11.7 Å². The Morgan fingerprint density at radius 3 is 2.38 bits per heavy atom. The molecular formula is C26H23ClN2O5. The Labute approximate surface area is 202 Å². The molecule has 1 aromatic heterocycles. The van der Waals surface area contributed by atoms with Crippen LogP contribution in [0.4, 0.5) is 5.69 Å². The number of nitrogens with zero attached hydrogens (tertiary/aromatic N) is 2. The number of carbonyl (C=O) groups is 2. The van der Waals surface area contributed by atoms with Crippen LogP contribution in [0.15, 0.2) is 60.3 Å². The van der Waals surface area contributed by atoms with Crippen molar-refractivity contribution in [3.8, 4) is 11.5 Å². The van der Waals surface area contributed by atoms with Gasteiger partial charge in [-0.3, -0.25) is 19.5 Å². The van der Waals surface area contributed by atoms with Crippen molar-refractivity contribution < 1.29 is 24.2 Å². The van der Waals surface area contributed by atoms with E-state index in [4.69, 9.17) is 21.1 Å². The monoisotopic (exact) mass is 478 g/mol. The van der Waals surface area contributed by atoms with Crippen LogP contribution in [0.1, 0.15) is 28.4 Å². The number of hydrogen-bond acceptors (Lipinski definition) is 6. The highest BCUT2D eigenvalue weighted by Gasteiger charge is 2.48. The molecule has 1 unspecified atom stereocenters. The molecule has 0 saturated carbocycles. The van der Waals surface area contributed by atoms with E-state index in [1.807, 2.05) is 26.0 Å². The van der Waals surface area contributed by atoms with Crippen molar-refractivity contribution in [2.45, 2.75) is 19.9 Å². The van der Waals surface area contributed by atoms with Crippen molar-refractivity contribution in [2.24, 2.45) is 0 Å². The number of methoxy groups -OCH3 is 2. The topological polar surface area (TPSA) is 89.0 Å². The summed E-state index contributed by atoms with van der Waals surface area (Å²) in [4.78, 5) is 32.4. The van der Waals surface area contributed by atoms with E-state index >= 15 is 0 Å². The predicted molar refractivity (Wildman–Crippen MR) is 129 cm³/mol. The van der Waals surface area contributed by atoms with Crippen molar-refractivity contribution in [3.63, 3.8) is 0 Å². The van der Waals surface area contributed by atoms with Gasteiger partial charge in [-0.1, -0.05) is 35.4 Å². The number of rotatable bonds is 5. The zero-order valence-electron chi connectivity index (χ0n) is 19.1.